The van der Waals surface area contributed by atoms with Gasteiger partial charge in [0.2, 0.25) is 5.95 Å². The fourth-order valence-electron chi connectivity index (χ4n) is 4.00. The van der Waals surface area contributed by atoms with E-state index in [2.05, 4.69) is 15.0 Å². The van der Waals surface area contributed by atoms with Crippen molar-refractivity contribution in [1.82, 2.24) is 24.6 Å². The third-order valence-electron chi connectivity index (χ3n) is 5.76. The highest BCUT2D eigenvalue weighted by molar-refractivity contribution is 5.95. The highest BCUT2D eigenvalue weighted by atomic mass is 16.5. The molecule has 0 saturated carbocycles. The number of benzene rings is 1. The van der Waals surface area contributed by atoms with Gasteiger partial charge in [0.15, 0.2) is 0 Å². The Bertz CT molecular complexity index is 1060. The van der Waals surface area contributed by atoms with Gasteiger partial charge in [-0.05, 0) is 31.0 Å². The van der Waals surface area contributed by atoms with Gasteiger partial charge < -0.3 is 14.5 Å². The number of rotatable bonds is 3. The Morgan fingerprint density at radius 3 is 2.67 bits per heavy atom. The van der Waals surface area contributed by atoms with Crippen molar-refractivity contribution in [3.8, 4) is 5.69 Å². The van der Waals surface area contributed by atoms with Crippen LogP contribution in [0.25, 0.3) is 5.69 Å². The number of nitrogens with zero attached hydrogens (tertiary/aromatic N) is 6. The molecule has 0 bridgehead atoms. The fraction of sp³-hybridized carbons (Fsp3) is 0.364. The Labute approximate surface area is 175 Å². The zero-order chi connectivity index (χ0) is 20.5. The van der Waals surface area contributed by atoms with E-state index in [1.54, 1.807) is 6.20 Å². The lowest BCUT2D eigenvalue weighted by Gasteiger charge is -2.30. The predicted molar refractivity (Wildman–Crippen MR) is 112 cm³/mol. The van der Waals surface area contributed by atoms with Crippen molar-refractivity contribution < 1.29 is 9.53 Å². The van der Waals surface area contributed by atoms with E-state index in [1.807, 2.05) is 53.0 Å². The average molecular weight is 404 g/mol. The molecule has 8 heteroatoms. The van der Waals surface area contributed by atoms with E-state index >= 15 is 0 Å². The van der Waals surface area contributed by atoms with Crippen LogP contribution in [0.5, 0.6) is 0 Å². The molecule has 30 heavy (non-hydrogen) atoms. The van der Waals surface area contributed by atoms with E-state index in [1.165, 1.54) is 0 Å². The van der Waals surface area contributed by atoms with Crippen LogP contribution in [0.4, 0.5) is 5.95 Å². The maximum Gasteiger partial charge on any atom is 0.257 e. The molecule has 2 aliphatic heterocycles. The lowest BCUT2D eigenvalue weighted by molar-refractivity contribution is 0.0731. The third-order valence-corrected chi connectivity index (χ3v) is 5.76. The van der Waals surface area contributed by atoms with Crippen LogP contribution in [0.1, 0.15) is 27.3 Å². The molecule has 154 valence electrons. The molecular weight excluding hydrogens is 380 g/mol. The average Bonchev–Trinajstić information content (AvgIpc) is 3.20. The number of anilines is 1. The van der Waals surface area contributed by atoms with Crippen LogP contribution in [0, 0.1) is 6.92 Å². The number of fused-ring (bicyclic) bond motifs is 1. The van der Waals surface area contributed by atoms with Crippen LogP contribution in [0.15, 0.2) is 42.7 Å². The maximum atomic E-state index is 13.3. The fourth-order valence-corrected chi connectivity index (χ4v) is 4.00. The van der Waals surface area contributed by atoms with E-state index in [0.717, 1.165) is 48.1 Å². The molecule has 0 unspecified atom stereocenters. The third kappa shape index (κ3) is 3.43. The topological polar surface area (TPSA) is 76.4 Å². The predicted octanol–water partition coefficient (Wildman–Crippen LogP) is 2.01. The Kier molecular flexibility index (Phi) is 4.92. The second kappa shape index (κ2) is 7.87. The molecule has 0 N–H and O–H groups in total. The molecule has 1 saturated heterocycles. The quantitative estimate of drug-likeness (QED) is 0.665. The molecule has 5 rings (SSSR count). The van der Waals surface area contributed by atoms with Crippen LogP contribution < -0.4 is 4.90 Å². The summed E-state index contributed by atoms with van der Waals surface area (Å²) in [5.74, 6) is 0.714. The molecule has 0 aliphatic carbocycles. The van der Waals surface area contributed by atoms with Crippen LogP contribution >= 0.6 is 0 Å². The summed E-state index contributed by atoms with van der Waals surface area (Å²) in [7, 11) is 0. The molecule has 1 fully saturated rings. The summed E-state index contributed by atoms with van der Waals surface area (Å²) < 4.78 is 7.23. The number of hydrogen-bond donors (Lipinski definition) is 0. The number of hydrogen-bond acceptors (Lipinski definition) is 6. The number of aromatic nitrogens is 4. The van der Waals surface area contributed by atoms with Crippen LogP contribution in [-0.2, 0) is 17.7 Å². The van der Waals surface area contributed by atoms with Gasteiger partial charge in [-0.1, -0.05) is 18.2 Å². The van der Waals surface area contributed by atoms with Gasteiger partial charge in [0.25, 0.3) is 5.91 Å². The molecule has 8 nitrogen and oxygen atoms in total. The highest BCUT2D eigenvalue weighted by Crippen LogP contribution is 2.23. The SMILES string of the molecule is Cc1c(C(=O)N2CCc3cnc(N4CCOCC4)nc3C2)cnn1-c1ccccc1. The van der Waals surface area contributed by atoms with E-state index in [9.17, 15) is 4.79 Å². The van der Waals surface area contributed by atoms with E-state index < -0.39 is 0 Å². The Morgan fingerprint density at radius 2 is 1.87 bits per heavy atom. The Balaban J connectivity index is 1.37. The van der Waals surface area contributed by atoms with Gasteiger partial charge >= 0.3 is 0 Å². The second-order valence-corrected chi connectivity index (χ2v) is 7.61. The summed E-state index contributed by atoms with van der Waals surface area (Å²) in [5.41, 5.74) is 4.46. The van der Waals surface area contributed by atoms with Gasteiger partial charge in [-0.25, -0.2) is 14.6 Å². The minimum atomic E-state index is -0.00753. The Morgan fingerprint density at radius 1 is 1.07 bits per heavy atom. The van der Waals surface area contributed by atoms with E-state index in [0.29, 0.717) is 31.9 Å². The van der Waals surface area contributed by atoms with Crippen molar-refractivity contribution >= 4 is 11.9 Å². The molecule has 2 aromatic heterocycles. The van der Waals surface area contributed by atoms with Gasteiger partial charge in [-0.15, -0.1) is 0 Å². The molecule has 0 radical (unpaired) electrons. The van der Waals surface area contributed by atoms with Crippen molar-refractivity contribution in [2.45, 2.75) is 19.9 Å². The first-order valence-electron chi connectivity index (χ1n) is 10.3. The van der Waals surface area contributed by atoms with E-state index in [4.69, 9.17) is 9.72 Å². The smallest absolute Gasteiger partial charge is 0.257 e. The van der Waals surface area contributed by atoms with Crippen molar-refractivity contribution in [2.24, 2.45) is 0 Å². The number of amides is 1. The number of ether oxygens (including phenoxy) is 1. The number of para-hydroxylation sites is 1. The van der Waals surface area contributed by atoms with E-state index in [-0.39, 0.29) is 5.91 Å². The minimum Gasteiger partial charge on any atom is -0.378 e. The molecule has 1 aromatic carbocycles. The van der Waals surface area contributed by atoms with Crippen molar-refractivity contribution in [2.75, 3.05) is 37.7 Å². The summed E-state index contributed by atoms with van der Waals surface area (Å²) in [6, 6.07) is 9.86. The first kappa shape index (κ1) is 18.7. The normalized spacial score (nSPS) is 16.4. The molecule has 2 aliphatic rings. The number of carbonyl (C=O) groups excluding carboxylic acids is 1. The number of morpholine rings is 1. The molecule has 1 amide bonds. The van der Waals surface area contributed by atoms with Crippen molar-refractivity contribution in [3.63, 3.8) is 0 Å². The Hall–Kier alpha value is -3.26. The largest absolute Gasteiger partial charge is 0.378 e. The number of carbonyl (C=O) groups is 1. The molecular formula is C22H24N6O2. The van der Waals surface area contributed by atoms with Crippen molar-refractivity contribution in [3.05, 3.63) is 65.2 Å². The van der Waals surface area contributed by atoms with Gasteiger partial charge in [0.05, 0.1) is 48.6 Å². The molecule has 0 atom stereocenters. The molecule has 4 heterocycles. The summed E-state index contributed by atoms with van der Waals surface area (Å²) >= 11 is 0. The van der Waals surface area contributed by atoms with Gasteiger partial charge in [0.1, 0.15) is 0 Å². The van der Waals surface area contributed by atoms with Crippen LogP contribution in [0.3, 0.4) is 0 Å². The van der Waals surface area contributed by atoms with Gasteiger partial charge in [0, 0.05) is 25.8 Å². The summed E-state index contributed by atoms with van der Waals surface area (Å²) in [6.07, 6.45) is 4.34. The zero-order valence-electron chi connectivity index (χ0n) is 17.0. The summed E-state index contributed by atoms with van der Waals surface area (Å²) in [6.45, 7) is 6.04. The first-order chi connectivity index (χ1) is 14.7. The lowest BCUT2D eigenvalue weighted by Crippen LogP contribution is -2.39. The van der Waals surface area contributed by atoms with Gasteiger partial charge in [-0.3, -0.25) is 4.79 Å². The second-order valence-electron chi connectivity index (χ2n) is 7.61. The summed E-state index contributed by atoms with van der Waals surface area (Å²) in [5, 5.41) is 4.45. The van der Waals surface area contributed by atoms with Crippen LogP contribution in [0.2, 0.25) is 0 Å². The standard InChI is InChI=1S/C22H24N6O2/c1-16-19(14-24-28(16)18-5-3-2-4-6-18)21(29)27-8-7-17-13-23-22(25-20(17)15-27)26-9-11-30-12-10-26/h2-6,13-14H,7-12,15H2,1H3. The van der Waals surface area contributed by atoms with Gasteiger partial charge in [-0.2, -0.15) is 5.10 Å². The van der Waals surface area contributed by atoms with Crippen molar-refractivity contribution in [1.29, 1.82) is 0 Å². The highest BCUT2D eigenvalue weighted by Gasteiger charge is 2.27. The first-order valence-corrected chi connectivity index (χ1v) is 10.3. The maximum absolute atomic E-state index is 13.3. The lowest BCUT2D eigenvalue weighted by atomic mass is 10.1. The minimum absolute atomic E-state index is 0.00753. The zero-order valence-corrected chi connectivity index (χ0v) is 17.0. The molecule has 3 aromatic rings. The summed E-state index contributed by atoms with van der Waals surface area (Å²) in [4.78, 5) is 26.6. The molecule has 0 spiro atoms. The monoisotopic (exact) mass is 404 g/mol. The van der Waals surface area contributed by atoms with Crippen LogP contribution in [-0.4, -0.2) is 63.4 Å².